The number of carbonyl (C=O) groups excluding carboxylic acids is 1. The molecule has 3 N–H and O–H groups in total. The van der Waals surface area contributed by atoms with E-state index in [2.05, 4.69) is 5.32 Å². The topological polar surface area (TPSA) is 117 Å². The largest absolute Gasteiger partial charge is 0.396 e. The number of nitro groups is 1. The quantitative estimate of drug-likeness (QED) is 0.474. The highest BCUT2D eigenvalue weighted by Gasteiger charge is 2.24. The molecule has 1 amide bonds. The molecule has 9 heteroatoms. The molecular weight excluding hydrogens is 285 g/mol. The predicted octanol–water partition coefficient (Wildman–Crippen LogP) is 0.461. The highest BCUT2D eigenvalue weighted by molar-refractivity contribution is 5.99. The fraction of sp³-hybridized carbons (Fsp3) is 0.417. The highest BCUT2D eigenvalue weighted by atomic mass is 19.1. The monoisotopic (exact) mass is 299 g/mol. The van der Waals surface area contributed by atoms with Crippen molar-refractivity contribution in [2.24, 2.45) is 0 Å². The van der Waals surface area contributed by atoms with Gasteiger partial charge in [-0.2, -0.15) is 0 Å². The Morgan fingerprint density at radius 3 is 2.90 bits per heavy atom. The molecular formula is C12H14FN3O5. The number of anilines is 1. The molecule has 0 aliphatic carbocycles. The van der Waals surface area contributed by atoms with Crippen LogP contribution in [-0.4, -0.2) is 43.3 Å². The number of benzene rings is 1. The van der Waals surface area contributed by atoms with Crippen molar-refractivity contribution >= 4 is 17.3 Å². The molecule has 0 saturated carbocycles. The molecule has 1 aliphatic heterocycles. The summed E-state index contributed by atoms with van der Waals surface area (Å²) in [4.78, 5) is 22.0. The van der Waals surface area contributed by atoms with Crippen molar-refractivity contribution in [2.45, 2.75) is 6.10 Å². The lowest BCUT2D eigenvalue weighted by atomic mass is 10.1. The molecule has 1 aromatic rings. The van der Waals surface area contributed by atoms with Crippen LogP contribution in [0.5, 0.6) is 0 Å². The zero-order chi connectivity index (χ0) is 15.4. The minimum Gasteiger partial charge on any atom is -0.396 e. The summed E-state index contributed by atoms with van der Waals surface area (Å²) in [6, 6.07) is 1.57. The number of nitrogen functional groups attached to an aromatic ring is 1. The first-order valence-electron chi connectivity index (χ1n) is 6.20. The van der Waals surface area contributed by atoms with E-state index >= 15 is 0 Å². The van der Waals surface area contributed by atoms with Crippen LogP contribution in [-0.2, 0) is 9.47 Å². The van der Waals surface area contributed by atoms with Gasteiger partial charge in [-0.15, -0.1) is 0 Å². The predicted molar refractivity (Wildman–Crippen MR) is 70.4 cm³/mol. The van der Waals surface area contributed by atoms with Crippen molar-refractivity contribution in [1.82, 2.24) is 5.32 Å². The van der Waals surface area contributed by atoms with E-state index in [0.717, 1.165) is 6.07 Å². The maximum absolute atomic E-state index is 13.3. The van der Waals surface area contributed by atoms with Gasteiger partial charge in [-0.3, -0.25) is 14.9 Å². The number of carbonyl (C=O) groups is 1. The molecule has 1 unspecified atom stereocenters. The lowest BCUT2D eigenvalue weighted by Gasteiger charge is -2.23. The van der Waals surface area contributed by atoms with Gasteiger partial charge in [0, 0.05) is 6.54 Å². The van der Waals surface area contributed by atoms with Crippen LogP contribution in [0.15, 0.2) is 12.1 Å². The van der Waals surface area contributed by atoms with Crippen LogP contribution in [0.4, 0.5) is 15.8 Å². The van der Waals surface area contributed by atoms with Crippen LogP contribution < -0.4 is 11.1 Å². The molecule has 1 fully saturated rings. The van der Waals surface area contributed by atoms with Gasteiger partial charge >= 0.3 is 0 Å². The summed E-state index contributed by atoms with van der Waals surface area (Å²) in [5.74, 6) is -1.66. The van der Waals surface area contributed by atoms with E-state index in [-0.39, 0.29) is 23.9 Å². The highest BCUT2D eigenvalue weighted by Crippen LogP contribution is 2.24. The third kappa shape index (κ3) is 3.64. The normalized spacial score (nSPS) is 18.2. The molecule has 1 saturated heterocycles. The maximum Gasteiger partial charge on any atom is 0.285 e. The fourth-order valence-electron chi connectivity index (χ4n) is 1.87. The summed E-state index contributed by atoms with van der Waals surface area (Å²) < 4.78 is 23.8. The van der Waals surface area contributed by atoms with E-state index in [1.807, 2.05) is 0 Å². The summed E-state index contributed by atoms with van der Waals surface area (Å²) >= 11 is 0. The lowest BCUT2D eigenvalue weighted by Crippen LogP contribution is -2.39. The molecule has 1 atom stereocenters. The van der Waals surface area contributed by atoms with E-state index in [4.69, 9.17) is 15.2 Å². The molecule has 1 aliphatic rings. The van der Waals surface area contributed by atoms with Gasteiger partial charge in [0.2, 0.25) is 0 Å². The third-order valence-corrected chi connectivity index (χ3v) is 2.93. The number of amides is 1. The van der Waals surface area contributed by atoms with Crippen LogP contribution in [0.1, 0.15) is 10.4 Å². The number of ether oxygens (including phenoxy) is 2. The second-order valence-electron chi connectivity index (χ2n) is 4.43. The van der Waals surface area contributed by atoms with Crippen molar-refractivity contribution in [1.29, 1.82) is 0 Å². The molecule has 0 bridgehead atoms. The van der Waals surface area contributed by atoms with Crippen LogP contribution in [0.3, 0.4) is 0 Å². The van der Waals surface area contributed by atoms with Gasteiger partial charge in [-0.05, 0) is 6.07 Å². The molecule has 0 radical (unpaired) electrons. The zero-order valence-electron chi connectivity index (χ0n) is 11.0. The van der Waals surface area contributed by atoms with Gasteiger partial charge in [-0.1, -0.05) is 0 Å². The first kappa shape index (κ1) is 15.1. The molecule has 21 heavy (non-hydrogen) atoms. The van der Waals surface area contributed by atoms with Crippen LogP contribution in [0.2, 0.25) is 0 Å². The van der Waals surface area contributed by atoms with Crippen LogP contribution >= 0.6 is 0 Å². The van der Waals surface area contributed by atoms with E-state index in [1.165, 1.54) is 0 Å². The van der Waals surface area contributed by atoms with Crippen molar-refractivity contribution in [2.75, 3.05) is 32.1 Å². The standard InChI is InChI=1S/C12H14FN3O5/c13-9-4-11(16(18)19)8(3-10(9)14)12(17)15-5-7-6-20-1-2-21-7/h3-4,7H,1-2,5-6,14H2,(H,15,17). The minimum absolute atomic E-state index is 0.132. The molecule has 0 aromatic heterocycles. The Morgan fingerprint density at radius 2 is 2.29 bits per heavy atom. The second kappa shape index (κ2) is 6.46. The van der Waals surface area contributed by atoms with Gasteiger partial charge in [-0.25, -0.2) is 4.39 Å². The number of nitrogens with two attached hydrogens (primary N) is 1. The number of nitro benzene ring substituents is 1. The Balaban J connectivity index is 2.10. The van der Waals surface area contributed by atoms with Gasteiger partial charge in [0.1, 0.15) is 5.56 Å². The molecule has 0 spiro atoms. The molecule has 1 heterocycles. The Labute approximate surface area is 119 Å². The first-order chi connectivity index (χ1) is 9.99. The average Bonchev–Trinajstić information content (AvgIpc) is 2.48. The molecule has 114 valence electrons. The Kier molecular flexibility index (Phi) is 4.66. The zero-order valence-corrected chi connectivity index (χ0v) is 11.0. The van der Waals surface area contributed by atoms with Crippen molar-refractivity contribution in [3.63, 3.8) is 0 Å². The van der Waals surface area contributed by atoms with E-state index in [0.29, 0.717) is 25.9 Å². The number of nitrogens with one attached hydrogen (secondary N) is 1. The number of hydrogen-bond acceptors (Lipinski definition) is 6. The van der Waals surface area contributed by atoms with Gasteiger partial charge < -0.3 is 20.5 Å². The van der Waals surface area contributed by atoms with E-state index < -0.39 is 22.3 Å². The third-order valence-electron chi connectivity index (χ3n) is 2.93. The number of nitrogens with zero attached hydrogens (tertiary/aromatic N) is 1. The summed E-state index contributed by atoms with van der Waals surface area (Å²) in [7, 11) is 0. The van der Waals surface area contributed by atoms with Gasteiger partial charge in [0.05, 0.1) is 42.6 Å². The van der Waals surface area contributed by atoms with Crippen LogP contribution in [0, 0.1) is 15.9 Å². The lowest BCUT2D eigenvalue weighted by molar-refractivity contribution is -0.385. The van der Waals surface area contributed by atoms with Crippen molar-refractivity contribution < 1.29 is 23.6 Å². The van der Waals surface area contributed by atoms with Crippen molar-refractivity contribution in [3.8, 4) is 0 Å². The average molecular weight is 299 g/mol. The summed E-state index contributed by atoms with van der Waals surface area (Å²) in [5, 5.41) is 13.4. The number of halogens is 1. The molecule has 1 aromatic carbocycles. The summed E-state index contributed by atoms with van der Waals surface area (Å²) in [6.45, 7) is 1.37. The SMILES string of the molecule is Nc1cc(C(=O)NCC2COCCO2)c([N+](=O)[O-])cc1F. The Morgan fingerprint density at radius 1 is 1.52 bits per heavy atom. The number of rotatable bonds is 4. The molecule has 2 rings (SSSR count). The summed E-state index contributed by atoms with van der Waals surface area (Å²) in [5.41, 5.74) is 4.08. The van der Waals surface area contributed by atoms with E-state index in [1.54, 1.807) is 0 Å². The second-order valence-corrected chi connectivity index (χ2v) is 4.43. The van der Waals surface area contributed by atoms with E-state index in [9.17, 15) is 19.3 Å². The Bertz CT molecular complexity index is 560. The smallest absolute Gasteiger partial charge is 0.285 e. The Hall–Kier alpha value is -2.26. The molecule has 8 nitrogen and oxygen atoms in total. The van der Waals surface area contributed by atoms with Crippen LogP contribution in [0.25, 0.3) is 0 Å². The maximum atomic E-state index is 13.3. The number of hydrogen-bond donors (Lipinski definition) is 2. The van der Waals surface area contributed by atoms with Gasteiger partial charge in [0.15, 0.2) is 5.82 Å². The minimum atomic E-state index is -0.942. The summed E-state index contributed by atoms with van der Waals surface area (Å²) in [6.07, 6.45) is -0.320. The van der Waals surface area contributed by atoms with Gasteiger partial charge in [0.25, 0.3) is 11.6 Å². The van der Waals surface area contributed by atoms with Crippen molar-refractivity contribution in [3.05, 3.63) is 33.6 Å². The fourth-order valence-corrected chi connectivity index (χ4v) is 1.87. The first-order valence-corrected chi connectivity index (χ1v) is 6.20.